The second-order valence-electron chi connectivity index (χ2n) is 9.80. The molecule has 3 aliphatic heterocycles. The molecule has 1 spiro atoms. The van der Waals surface area contributed by atoms with Crippen molar-refractivity contribution in [1.29, 1.82) is 0 Å². The van der Waals surface area contributed by atoms with E-state index in [9.17, 15) is 18.8 Å². The lowest BCUT2D eigenvalue weighted by Crippen LogP contribution is -2.49. The van der Waals surface area contributed by atoms with E-state index >= 15 is 0 Å². The van der Waals surface area contributed by atoms with Crippen molar-refractivity contribution in [1.82, 2.24) is 4.90 Å². The van der Waals surface area contributed by atoms with Crippen LogP contribution < -0.4 is 5.32 Å². The highest BCUT2D eigenvalue weighted by Gasteiger charge is 2.70. The fraction of sp³-hybridized carbons (Fsp3) is 0.129. The van der Waals surface area contributed by atoms with E-state index in [1.54, 1.807) is 12.1 Å². The number of hydrogen-bond donors (Lipinski definition) is 1. The molecule has 3 aliphatic rings. The molecule has 186 valence electrons. The zero-order chi connectivity index (χ0) is 26.0. The van der Waals surface area contributed by atoms with Gasteiger partial charge in [-0.2, -0.15) is 0 Å². The highest BCUT2D eigenvalue weighted by molar-refractivity contribution is 7.12. The lowest BCUT2D eigenvalue weighted by Gasteiger charge is -2.38. The van der Waals surface area contributed by atoms with Crippen LogP contribution in [0.4, 0.5) is 10.1 Å². The van der Waals surface area contributed by atoms with Crippen LogP contribution in [-0.4, -0.2) is 28.4 Å². The zero-order valence-electron chi connectivity index (χ0n) is 20.0. The Labute approximate surface area is 222 Å². The Morgan fingerprint density at radius 3 is 2.45 bits per heavy atom. The molecule has 1 fully saturated rings. The molecule has 0 unspecified atom stereocenters. The summed E-state index contributed by atoms with van der Waals surface area (Å²) in [4.78, 5) is 45.4. The molecule has 1 saturated heterocycles. The maximum absolute atomic E-state index is 14.4. The van der Waals surface area contributed by atoms with Crippen molar-refractivity contribution < 1.29 is 18.8 Å². The van der Waals surface area contributed by atoms with Gasteiger partial charge in [-0.05, 0) is 64.5 Å². The molecule has 0 radical (unpaired) electrons. The van der Waals surface area contributed by atoms with E-state index < -0.39 is 29.2 Å². The van der Waals surface area contributed by atoms with Crippen LogP contribution in [0.25, 0.3) is 6.08 Å². The molecule has 1 amide bonds. The quantitative estimate of drug-likeness (QED) is 0.342. The summed E-state index contributed by atoms with van der Waals surface area (Å²) in [5, 5.41) is 4.85. The minimum absolute atomic E-state index is 0.257. The largest absolute Gasteiger partial charge is 0.358 e. The Morgan fingerprint density at radius 1 is 0.895 bits per heavy atom. The summed E-state index contributed by atoms with van der Waals surface area (Å²) in [7, 11) is 0. The summed E-state index contributed by atoms with van der Waals surface area (Å²) in [6.07, 6.45) is 3.75. The first-order valence-corrected chi connectivity index (χ1v) is 13.2. The maximum Gasteiger partial charge on any atom is 0.238 e. The average Bonchev–Trinajstić information content (AvgIpc) is 3.65. The van der Waals surface area contributed by atoms with Gasteiger partial charge in [0.15, 0.2) is 11.6 Å². The summed E-state index contributed by atoms with van der Waals surface area (Å²) in [6.45, 7) is 0. The number of nitrogens with zero attached hydrogens (tertiary/aromatic N) is 1. The number of nitrogens with one attached hydrogen (secondary N) is 1. The SMILES string of the molecule is O=C(c1ccc(F)cc1)[C@@H]1[C@@H](C(=O)c2cccs2)[C@@]2(C(=O)Nc3ccccc32)[C@H]2c3ccccc3C=CN12. The first-order chi connectivity index (χ1) is 18.5. The fourth-order valence-electron chi connectivity index (χ4n) is 6.52. The van der Waals surface area contributed by atoms with Crippen LogP contribution in [0, 0.1) is 11.7 Å². The van der Waals surface area contributed by atoms with Crippen molar-refractivity contribution in [2.24, 2.45) is 5.92 Å². The Morgan fingerprint density at radius 2 is 1.66 bits per heavy atom. The minimum Gasteiger partial charge on any atom is -0.358 e. The van der Waals surface area contributed by atoms with E-state index in [2.05, 4.69) is 5.32 Å². The van der Waals surface area contributed by atoms with E-state index in [0.29, 0.717) is 16.1 Å². The Bertz CT molecular complexity index is 1650. The molecule has 0 aliphatic carbocycles. The number of para-hydroxylation sites is 1. The summed E-state index contributed by atoms with van der Waals surface area (Å²) < 4.78 is 13.8. The van der Waals surface area contributed by atoms with Gasteiger partial charge in [0.2, 0.25) is 5.91 Å². The normalized spacial score (nSPS) is 24.6. The van der Waals surface area contributed by atoms with E-state index in [0.717, 1.165) is 11.1 Å². The number of hydrogen-bond acceptors (Lipinski definition) is 5. The van der Waals surface area contributed by atoms with E-state index in [1.807, 2.05) is 71.1 Å². The number of amides is 1. The van der Waals surface area contributed by atoms with E-state index in [-0.39, 0.29) is 23.0 Å². The predicted molar refractivity (Wildman–Crippen MR) is 143 cm³/mol. The second-order valence-corrected chi connectivity index (χ2v) is 10.7. The van der Waals surface area contributed by atoms with Gasteiger partial charge in [0.05, 0.1) is 16.8 Å². The maximum atomic E-state index is 14.4. The molecule has 7 heteroatoms. The fourth-order valence-corrected chi connectivity index (χ4v) is 7.23. The zero-order valence-corrected chi connectivity index (χ0v) is 20.8. The van der Waals surface area contributed by atoms with Gasteiger partial charge in [-0.3, -0.25) is 14.4 Å². The predicted octanol–water partition coefficient (Wildman–Crippen LogP) is 5.87. The Balaban J connectivity index is 1.54. The molecule has 1 aromatic heterocycles. The summed E-state index contributed by atoms with van der Waals surface area (Å²) in [6, 6.07) is 22.5. The first-order valence-electron chi connectivity index (χ1n) is 12.3. The molecular weight excluding hydrogens is 499 g/mol. The smallest absolute Gasteiger partial charge is 0.238 e. The van der Waals surface area contributed by atoms with Gasteiger partial charge in [-0.25, -0.2) is 4.39 Å². The third-order valence-corrected chi connectivity index (χ3v) is 8.90. The van der Waals surface area contributed by atoms with Crippen molar-refractivity contribution in [2.45, 2.75) is 17.5 Å². The monoisotopic (exact) mass is 520 g/mol. The van der Waals surface area contributed by atoms with Gasteiger partial charge >= 0.3 is 0 Å². The van der Waals surface area contributed by atoms with Gasteiger partial charge in [-0.15, -0.1) is 11.3 Å². The number of ketones is 2. The highest BCUT2D eigenvalue weighted by Crippen LogP contribution is 2.62. The van der Waals surface area contributed by atoms with Crippen LogP contribution in [0.1, 0.15) is 42.8 Å². The second kappa shape index (κ2) is 8.33. The summed E-state index contributed by atoms with van der Waals surface area (Å²) in [5.74, 6) is -2.37. The van der Waals surface area contributed by atoms with Gasteiger partial charge in [-0.1, -0.05) is 48.5 Å². The number of carbonyl (C=O) groups excluding carboxylic acids is 3. The van der Waals surface area contributed by atoms with Crippen LogP contribution in [0.3, 0.4) is 0 Å². The van der Waals surface area contributed by atoms with Crippen molar-refractivity contribution in [3.63, 3.8) is 0 Å². The average molecular weight is 521 g/mol. The number of carbonyl (C=O) groups is 3. The van der Waals surface area contributed by atoms with Gasteiger partial charge in [0.1, 0.15) is 17.3 Å². The van der Waals surface area contributed by atoms with E-state index in [4.69, 9.17) is 0 Å². The number of Topliss-reactive ketones (excluding diaryl/α,β-unsaturated/α-hetero) is 2. The number of thiophene rings is 1. The molecule has 4 aromatic rings. The number of rotatable bonds is 4. The number of fused-ring (bicyclic) bond motifs is 6. The molecule has 3 aromatic carbocycles. The lowest BCUT2D eigenvalue weighted by molar-refractivity contribution is -0.122. The molecule has 0 bridgehead atoms. The first kappa shape index (κ1) is 22.8. The third-order valence-electron chi connectivity index (χ3n) is 8.01. The van der Waals surface area contributed by atoms with Crippen LogP contribution in [0.2, 0.25) is 0 Å². The molecule has 4 atom stereocenters. The van der Waals surface area contributed by atoms with Crippen molar-refractivity contribution in [3.8, 4) is 0 Å². The number of anilines is 1. The van der Waals surface area contributed by atoms with Crippen LogP contribution in [-0.2, 0) is 10.2 Å². The Hall–Kier alpha value is -4.36. The van der Waals surface area contributed by atoms with Crippen LogP contribution in [0.5, 0.6) is 0 Å². The minimum atomic E-state index is -1.36. The summed E-state index contributed by atoms with van der Waals surface area (Å²) in [5.41, 5.74) is 2.08. The molecule has 5 nitrogen and oxygen atoms in total. The van der Waals surface area contributed by atoms with Gasteiger partial charge in [0.25, 0.3) is 0 Å². The van der Waals surface area contributed by atoms with Gasteiger partial charge < -0.3 is 10.2 Å². The van der Waals surface area contributed by atoms with Crippen molar-refractivity contribution in [3.05, 3.63) is 129 Å². The topological polar surface area (TPSA) is 66.5 Å². The van der Waals surface area contributed by atoms with Gasteiger partial charge in [0, 0.05) is 17.5 Å². The highest BCUT2D eigenvalue weighted by atomic mass is 32.1. The molecular formula is C31H21FN2O3S. The number of halogens is 1. The third kappa shape index (κ3) is 2.99. The summed E-state index contributed by atoms with van der Waals surface area (Å²) >= 11 is 1.29. The molecule has 4 heterocycles. The Kier molecular flexibility index (Phi) is 5.00. The molecule has 0 saturated carbocycles. The van der Waals surface area contributed by atoms with Crippen molar-refractivity contribution in [2.75, 3.05) is 5.32 Å². The van der Waals surface area contributed by atoms with Crippen molar-refractivity contribution >= 4 is 40.6 Å². The standard InChI is InChI=1S/C31H21FN2O3S/c32-20-13-11-19(12-14-20)27(35)26-25(28(36)24-10-5-17-38-24)31(22-8-3-4-9-23(22)33-30(31)37)29-21-7-2-1-6-18(21)15-16-34(26)29/h1-17,25-26,29H,(H,33,37)/t25-,26-,29+,31+/m0/s1. The molecule has 38 heavy (non-hydrogen) atoms. The lowest BCUT2D eigenvalue weighted by atomic mass is 9.63. The molecule has 7 rings (SSSR count). The van der Waals surface area contributed by atoms with Crippen LogP contribution in [0.15, 0.2) is 96.5 Å². The number of benzene rings is 3. The van der Waals surface area contributed by atoms with E-state index in [1.165, 1.54) is 35.6 Å². The van der Waals surface area contributed by atoms with Crippen LogP contribution >= 0.6 is 11.3 Å². The molecule has 1 N–H and O–H groups in total.